The summed E-state index contributed by atoms with van der Waals surface area (Å²) < 4.78 is 0. The van der Waals surface area contributed by atoms with Crippen LogP contribution >= 0.6 is 0 Å². The molecule has 0 radical (unpaired) electrons. The molecule has 0 amide bonds. The van der Waals surface area contributed by atoms with Crippen LogP contribution in [0.2, 0.25) is 0 Å². The second-order valence-corrected chi connectivity index (χ2v) is 4.18. The van der Waals surface area contributed by atoms with E-state index in [9.17, 15) is 5.11 Å². The summed E-state index contributed by atoms with van der Waals surface area (Å²) in [6.07, 6.45) is 2.00. The molecule has 2 aromatic rings. The van der Waals surface area contributed by atoms with Crippen molar-refractivity contribution in [2.24, 2.45) is 0 Å². The monoisotopic (exact) mass is 214 g/mol. The second kappa shape index (κ2) is 4.17. The smallest absolute Gasteiger partial charge is 0.126 e. The number of aromatic hydroxyl groups is 1. The predicted molar refractivity (Wildman–Crippen MR) is 69.1 cm³/mol. The Kier molecular flexibility index (Phi) is 2.86. The number of rotatable bonds is 2. The molecule has 1 nitrogen and oxygen atoms in total. The molecule has 1 N–H and O–H groups in total. The molecule has 1 heteroatoms. The van der Waals surface area contributed by atoms with Gasteiger partial charge in [0.15, 0.2) is 0 Å². The topological polar surface area (TPSA) is 20.2 Å². The number of phenolic OH excluding ortho intramolecular Hbond substituents is 1. The number of benzene rings is 2. The Morgan fingerprint density at radius 1 is 0.938 bits per heavy atom. The molecule has 0 aliphatic rings. The van der Waals surface area contributed by atoms with Gasteiger partial charge in [-0.1, -0.05) is 38.1 Å². The quantitative estimate of drug-likeness (QED) is 0.801. The van der Waals surface area contributed by atoms with Crippen LogP contribution in [0.25, 0.3) is 10.8 Å². The van der Waals surface area contributed by atoms with E-state index in [2.05, 4.69) is 19.9 Å². The zero-order valence-electron chi connectivity index (χ0n) is 10.2. The summed E-state index contributed by atoms with van der Waals surface area (Å²) in [5, 5.41) is 12.4. The van der Waals surface area contributed by atoms with Crippen LogP contribution < -0.4 is 0 Å². The lowest BCUT2D eigenvalue weighted by Gasteiger charge is -2.15. The molecule has 2 rings (SSSR count). The maximum Gasteiger partial charge on any atom is 0.126 e. The van der Waals surface area contributed by atoms with E-state index in [1.54, 1.807) is 0 Å². The molecule has 0 aliphatic heterocycles. The van der Waals surface area contributed by atoms with Crippen LogP contribution in [0.5, 0.6) is 5.75 Å². The van der Waals surface area contributed by atoms with E-state index < -0.39 is 0 Å². The Morgan fingerprint density at radius 3 is 2.06 bits per heavy atom. The van der Waals surface area contributed by atoms with Gasteiger partial charge in [0, 0.05) is 5.39 Å². The van der Waals surface area contributed by atoms with E-state index in [0.29, 0.717) is 5.75 Å². The lowest BCUT2D eigenvalue weighted by Crippen LogP contribution is -1.97. The zero-order valence-corrected chi connectivity index (χ0v) is 10.2. The van der Waals surface area contributed by atoms with E-state index in [0.717, 1.165) is 23.8 Å². The van der Waals surface area contributed by atoms with Gasteiger partial charge in [0.05, 0.1) is 0 Å². The molecular weight excluding hydrogens is 196 g/mol. The molecule has 0 saturated heterocycles. The molecule has 2 aromatic carbocycles. The van der Waals surface area contributed by atoms with E-state index >= 15 is 0 Å². The molecule has 0 unspecified atom stereocenters. The van der Waals surface area contributed by atoms with E-state index in [4.69, 9.17) is 0 Å². The van der Waals surface area contributed by atoms with E-state index in [1.807, 2.05) is 25.1 Å². The van der Waals surface area contributed by atoms with Crippen LogP contribution in [-0.2, 0) is 12.8 Å². The zero-order chi connectivity index (χ0) is 11.7. The van der Waals surface area contributed by atoms with Crippen molar-refractivity contribution in [2.75, 3.05) is 0 Å². The number of aryl methyl sites for hydroxylation is 1. The first-order valence-corrected chi connectivity index (χ1v) is 5.92. The van der Waals surface area contributed by atoms with Gasteiger partial charge in [-0.2, -0.15) is 0 Å². The summed E-state index contributed by atoms with van der Waals surface area (Å²) in [6, 6.07) is 8.12. The van der Waals surface area contributed by atoms with Gasteiger partial charge in [-0.05, 0) is 41.8 Å². The highest BCUT2D eigenvalue weighted by molar-refractivity contribution is 5.93. The van der Waals surface area contributed by atoms with Crippen LogP contribution in [-0.4, -0.2) is 5.11 Å². The van der Waals surface area contributed by atoms with Gasteiger partial charge < -0.3 is 5.11 Å². The fourth-order valence-corrected chi connectivity index (χ4v) is 2.57. The van der Waals surface area contributed by atoms with Crippen LogP contribution in [0.1, 0.15) is 30.5 Å². The van der Waals surface area contributed by atoms with E-state index in [1.165, 1.54) is 16.5 Å². The SMILES string of the molecule is CCc1c(C)c(O)c2ccccc2c1CC. The van der Waals surface area contributed by atoms with Crippen molar-refractivity contribution >= 4 is 10.8 Å². The molecule has 0 spiro atoms. The maximum atomic E-state index is 10.2. The highest BCUT2D eigenvalue weighted by atomic mass is 16.3. The normalized spacial score (nSPS) is 10.9. The molecule has 16 heavy (non-hydrogen) atoms. The Balaban J connectivity index is 2.94. The third-order valence-corrected chi connectivity index (χ3v) is 3.39. The third kappa shape index (κ3) is 1.47. The van der Waals surface area contributed by atoms with Crippen LogP contribution in [0.15, 0.2) is 24.3 Å². The molecule has 0 atom stereocenters. The number of fused-ring (bicyclic) bond motifs is 1. The Morgan fingerprint density at radius 2 is 1.50 bits per heavy atom. The summed E-state index contributed by atoms with van der Waals surface area (Å²) in [7, 11) is 0. The number of hydrogen-bond donors (Lipinski definition) is 1. The molecule has 0 heterocycles. The van der Waals surface area contributed by atoms with Crippen LogP contribution in [0.3, 0.4) is 0 Å². The Bertz CT molecular complexity index is 526. The maximum absolute atomic E-state index is 10.2. The first-order chi connectivity index (χ1) is 7.70. The first kappa shape index (κ1) is 11.0. The van der Waals surface area contributed by atoms with Crippen molar-refractivity contribution in [3.05, 3.63) is 41.0 Å². The van der Waals surface area contributed by atoms with Crippen molar-refractivity contribution in [3.8, 4) is 5.75 Å². The highest BCUT2D eigenvalue weighted by Gasteiger charge is 2.13. The van der Waals surface area contributed by atoms with Gasteiger partial charge in [-0.3, -0.25) is 0 Å². The standard InChI is InChI=1S/C15H18O/c1-4-11-10(3)15(16)14-9-7-6-8-13(14)12(11)5-2/h6-9,16H,4-5H2,1-3H3. The van der Waals surface area contributed by atoms with E-state index in [-0.39, 0.29) is 0 Å². The molecule has 84 valence electrons. The third-order valence-electron chi connectivity index (χ3n) is 3.39. The summed E-state index contributed by atoms with van der Waals surface area (Å²) >= 11 is 0. The lowest BCUT2D eigenvalue weighted by atomic mass is 9.91. The highest BCUT2D eigenvalue weighted by Crippen LogP contribution is 2.35. The molecule has 0 bridgehead atoms. The van der Waals surface area contributed by atoms with Crippen molar-refractivity contribution in [2.45, 2.75) is 33.6 Å². The fraction of sp³-hybridized carbons (Fsp3) is 0.333. The lowest BCUT2D eigenvalue weighted by molar-refractivity contribution is 0.476. The first-order valence-electron chi connectivity index (χ1n) is 5.92. The molecule has 0 aromatic heterocycles. The molecular formula is C15H18O. The second-order valence-electron chi connectivity index (χ2n) is 4.18. The Hall–Kier alpha value is -1.50. The van der Waals surface area contributed by atoms with Gasteiger partial charge >= 0.3 is 0 Å². The summed E-state index contributed by atoms with van der Waals surface area (Å²) in [5.74, 6) is 0.449. The Labute approximate surface area is 96.7 Å². The van der Waals surface area contributed by atoms with Gasteiger partial charge in [-0.25, -0.2) is 0 Å². The van der Waals surface area contributed by atoms with Gasteiger partial charge in [0.2, 0.25) is 0 Å². The van der Waals surface area contributed by atoms with Crippen molar-refractivity contribution in [1.29, 1.82) is 0 Å². The van der Waals surface area contributed by atoms with Crippen molar-refractivity contribution < 1.29 is 5.11 Å². The number of phenols is 1. The van der Waals surface area contributed by atoms with Gasteiger partial charge in [-0.15, -0.1) is 0 Å². The summed E-state index contributed by atoms with van der Waals surface area (Å²) in [6.45, 7) is 6.34. The minimum absolute atomic E-state index is 0.449. The summed E-state index contributed by atoms with van der Waals surface area (Å²) in [4.78, 5) is 0. The molecule has 0 saturated carbocycles. The fourth-order valence-electron chi connectivity index (χ4n) is 2.57. The average molecular weight is 214 g/mol. The minimum Gasteiger partial charge on any atom is -0.507 e. The minimum atomic E-state index is 0.449. The largest absolute Gasteiger partial charge is 0.507 e. The summed E-state index contributed by atoms with van der Waals surface area (Å²) in [5.41, 5.74) is 3.73. The van der Waals surface area contributed by atoms with Crippen molar-refractivity contribution in [1.82, 2.24) is 0 Å². The van der Waals surface area contributed by atoms with Crippen LogP contribution in [0.4, 0.5) is 0 Å². The molecule has 0 fully saturated rings. The average Bonchev–Trinajstić information content (AvgIpc) is 2.33. The molecule has 0 aliphatic carbocycles. The van der Waals surface area contributed by atoms with Gasteiger partial charge in [0.25, 0.3) is 0 Å². The van der Waals surface area contributed by atoms with Crippen molar-refractivity contribution in [3.63, 3.8) is 0 Å². The number of hydrogen-bond acceptors (Lipinski definition) is 1. The van der Waals surface area contributed by atoms with Crippen LogP contribution in [0, 0.1) is 6.92 Å². The van der Waals surface area contributed by atoms with Gasteiger partial charge in [0.1, 0.15) is 5.75 Å². The predicted octanol–water partition coefficient (Wildman–Crippen LogP) is 3.98.